The highest BCUT2D eigenvalue weighted by atomic mass is 15.3. The molecule has 0 saturated carbocycles. The third-order valence-electron chi connectivity index (χ3n) is 4.34. The fourth-order valence-corrected chi connectivity index (χ4v) is 3.25. The van der Waals surface area contributed by atoms with E-state index in [0.717, 1.165) is 43.7 Å². The van der Waals surface area contributed by atoms with Crippen molar-refractivity contribution in [2.75, 3.05) is 42.1 Å². The second kappa shape index (κ2) is 6.05. The molecule has 2 aliphatic heterocycles. The lowest BCUT2D eigenvalue weighted by molar-refractivity contribution is 0.340. The first-order valence-electron chi connectivity index (χ1n) is 7.98. The number of aromatic nitrogens is 2. The zero-order valence-electron chi connectivity index (χ0n) is 13.0. The van der Waals surface area contributed by atoms with Gasteiger partial charge in [0, 0.05) is 31.7 Å². The lowest BCUT2D eigenvalue weighted by Gasteiger charge is -2.24. The first-order valence-corrected chi connectivity index (χ1v) is 7.98. The van der Waals surface area contributed by atoms with Crippen LogP contribution >= 0.6 is 0 Å². The van der Waals surface area contributed by atoms with E-state index in [2.05, 4.69) is 39.3 Å². The Morgan fingerprint density at radius 2 is 2.29 bits per heavy atom. The smallest absolute Gasteiger partial charge is 0.223 e. The Bertz CT molecular complexity index is 475. The Morgan fingerprint density at radius 1 is 1.43 bits per heavy atom. The number of nitrogens with one attached hydrogen (secondary N) is 2. The fourth-order valence-electron chi connectivity index (χ4n) is 3.25. The zero-order chi connectivity index (χ0) is 14.8. The number of nitrogens with two attached hydrogens (primary N) is 1. The van der Waals surface area contributed by atoms with Gasteiger partial charge in [-0.15, -0.1) is 0 Å². The molecule has 2 saturated heterocycles. The minimum absolute atomic E-state index is 0.349. The third-order valence-corrected chi connectivity index (χ3v) is 4.34. The number of fused-ring (bicyclic) bond motifs is 1. The first-order chi connectivity index (χ1) is 10.1. The van der Waals surface area contributed by atoms with Crippen molar-refractivity contribution in [2.45, 2.75) is 32.7 Å². The normalized spacial score (nSPS) is 25.2. The largest absolute Gasteiger partial charge is 0.370 e. The molecule has 4 N–H and O–H groups in total. The van der Waals surface area contributed by atoms with Crippen LogP contribution in [0, 0.1) is 11.8 Å². The standard InChI is InChI=1S/C15H26N6/c1-10(2)7-18-13-6-14(20-15(16)19-13)21-8-11-4-3-5-17-12(11)9-21/h6,10-12,17H,3-5,7-9H2,1-2H3,(H3,16,18,19,20). The van der Waals surface area contributed by atoms with Gasteiger partial charge in [-0.3, -0.25) is 0 Å². The summed E-state index contributed by atoms with van der Waals surface area (Å²) in [7, 11) is 0. The van der Waals surface area contributed by atoms with Crippen LogP contribution in [-0.4, -0.2) is 42.2 Å². The van der Waals surface area contributed by atoms with Crippen molar-refractivity contribution in [3.63, 3.8) is 0 Å². The molecule has 116 valence electrons. The Morgan fingerprint density at radius 3 is 3.05 bits per heavy atom. The summed E-state index contributed by atoms with van der Waals surface area (Å²) < 4.78 is 0. The third kappa shape index (κ3) is 3.37. The van der Waals surface area contributed by atoms with E-state index in [1.807, 2.05) is 6.07 Å². The van der Waals surface area contributed by atoms with Gasteiger partial charge in [-0.2, -0.15) is 9.97 Å². The number of hydrogen-bond acceptors (Lipinski definition) is 6. The van der Waals surface area contributed by atoms with E-state index in [1.165, 1.54) is 12.8 Å². The van der Waals surface area contributed by atoms with Crippen LogP contribution < -0.4 is 21.3 Å². The molecule has 3 heterocycles. The molecule has 0 aliphatic carbocycles. The van der Waals surface area contributed by atoms with Crippen LogP contribution in [0.4, 0.5) is 17.6 Å². The van der Waals surface area contributed by atoms with Crippen molar-refractivity contribution in [3.8, 4) is 0 Å². The topological polar surface area (TPSA) is 79.1 Å². The SMILES string of the molecule is CC(C)CNc1cc(N2CC3CCCNC3C2)nc(N)n1. The molecule has 2 atom stereocenters. The maximum absolute atomic E-state index is 5.88. The van der Waals surface area contributed by atoms with Gasteiger partial charge in [-0.1, -0.05) is 13.8 Å². The molecule has 2 fully saturated rings. The Hall–Kier alpha value is -1.56. The highest BCUT2D eigenvalue weighted by Crippen LogP contribution is 2.29. The van der Waals surface area contributed by atoms with E-state index in [1.54, 1.807) is 0 Å². The highest BCUT2D eigenvalue weighted by molar-refractivity contribution is 5.53. The van der Waals surface area contributed by atoms with Crippen molar-refractivity contribution >= 4 is 17.6 Å². The van der Waals surface area contributed by atoms with Gasteiger partial charge < -0.3 is 21.3 Å². The zero-order valence-corrected chi connectivity index (χ0v) is 13.0. The molecule has 0 aromatic carbocycles. The maximum atomic E-state index is 5.88. The van der Waals surface area contributed by atoms with E-state index in [-0.39, 0.29) is 0 Å². The van der Waals surface area contributed by atoms with Crippen molar-refractivity contribution in [1.82, 2.24) is 15.3 Å². The van der Waals surface area contributed by atoms with Gasteiger partial charge in [0.2, 0.25) is 5.95 Å². The summed E-state index contributed by atoms with van der Waals surface area (Å²) in [6.07, 6.45) is 2.59. The predicted molar refractivity (Wildman–Crippen MR) is 86.5 cm³/mol. The summed E-state index contributed by atoms with van der Waals surface area (Å²) in [5, 5.41) is 6.96. The van der Waals surface area contributed by atoms with E-state index in [4.69, 9.17) is 5.73 Å². The van der Waals surface area contributed by atoms with Crippen LogP contribution in [0.15, 0.2) is 6.07 Å². The molecule has 0 radical (unpaired) electrons. The van der Waals surface area contributed by atoms with Crippen LogP contribution in [0.1, 0.15) is 26.7 Å². The summed E-state index contributed by atoms with van der Waals surface area (Å²) in [6, 6.07) is 2.62. The number of piperidine rings is 1. The van der Waals surface area contributed by atoms with Crippen LogP contribution in [0.2, 0.25) is 0 Å². The number of hydrogen-bond donors (Lipinski definition) is 3. The maximum Gasteiger partial charge on any atom is 0.223 e. The second-order valence-corrected chi connectivity index (χ2v) is 6.61. The fraction of sp³-hybridized carbons (Fsp3) is 0.733. The molecule has 6 nitrogen and oxygen atoms in total. The predicted octanol–water partition coefficient (Wildman–Crippen LogP) is 1.31. The lowest BCUT2D eigenvalue weighted by atomic mass is 9.94. The van der Waals surface area contributed by atoms with Crippen LogP contribution in [0.3, 0.4) is 0 Å². The number of nitrogens with zero attached hydrogens (tertiary/aromatic N) is 3. The summed E-state index contributed by atoms with van der Waals surface area (Å²) >= 11 is 0. The number of anilines is 3. The molecule has 0 spiro atoms. The molecule has 2 aliphatic rings. The van der Waals surface area contributed by atoms with Crippen molar-refractivity contribution in [1.29, 1.82) is 0 Å². The summed E-state index contributed by atoms with van der Waals surface area (Å²) in [4.78, 5) is 11.0. The molecule has 6 heteroatoms. The van der Waals surface area contributed by atoms with E-state index in [0.29, 0.717) is 17.9 Å². The molecular weight excluding hydrogens is 264 g/mol. The average Bonchev–Trinajstić information content (AvgIpc) is 2.88. The van der Waals surface area contributed by atoms with Gasteiger partial charge in [0.05, 0.1) is 0 Å². The van der Waals surface area contributed by atoms with Gasteiger partial charge in [0.25, 0.3) is 0 Å². The molecule has 0 bridgehead atoms. The van der Waals surface area contributed by atoms with Gasteiger partial charge in [-0.25, -0.2) is 0 Å². The van der Waals surface area contributed by atoms with Crippen LogP contribution in [0.25, 0.3) is 0 Å². The first kappa shape index (κ1) is 14.4. The number of rotatable bonds is 4. The van der Waals surface area contributed by atoms with E-state index < -0.39 is 0 Å². The second-order valence-electron chi connectivity index (χ2n) is 6.61. The van der Waals surface area contributed by atoms with Gasteiger partial charge in [-0.05, 0) is 31.2 Å². The Kier molecular flexibility index (Phi) is 4.14. The summed E-state index contributed by atoms with van der Waals surface area (Å²) in [5.41, 5.74) is 5.88. The molecular formula is C15H26N6. The van der Waals surface area contributed by atoms with Gasteiger partial charge in [0.1, 0.15) is 11.6 Å². The van der Waals surface area contributed by atoms with Crippen LogP contribution in [0.5, 0.6) is 0 Å². The van der Waals surface area contributed by atoms with E-state index in [9.17, 15) is 0 Å². The Labute approximate surface area is 126 Å². The van der Waals surface area contributed by atoms with Crippen molar-refractivity contribution in [3.05, 3.63) is 6.07 Å². The molecule has 1 aromatic rings. The lowest BCUT2D eigenvalue weighted by Crippen LogP contribution is -2.40. The minimum Gasteiger partial charge on any atom is -0.370 e. The highest BCUT2D eigenvalue weighted by Gasteiger charge is 2.34. The molecule has 3 rings (SSSR count). The number of nitrogen functional groups attached to an aromatic ring is 1. The van der Waals surface area contributed by atoms with Crippen LogP contribution in [-0.2, 0) is 0 Å². The Balaban J connectivity index is 1.72. The average molecular weight is 290 g/mol. The molecule has 2 unspecified atom stereocenters. The van der Waals surface area contributed by atoms with Crippen molar-refractivity contribution < 1.29 is 0 Å². The monoisotopic (exact) mass is 290 g/mol. The quantitative estimate of drug-likeness (QED) is 0.776. The molecule has 0 amide bonds. The van der Waals surface area contributed by atoms with E-state index >= 15 is 0 Å². The molecule has 1 aromatic heterocycles. The minimum atomic E-state index is 0.349. The molecule has 21 heavy (non-hydrogen) atoms. The summed E-state index contributed by atoms with van der Waals surface area (Å²) in [6.45, 7) is 8.47. The van der Waals surface area contributed by atoms with Gasteiger partial charge >= 0.3 is 0 Å². The summed E-state index contributed by atoms with van der Waals surface area (Å²) in [5.74, 6) is 3.44. The van der Waals surface area contributed by atoms with Gasteiger partial charge in [0.15, 0.2) is 0 Å². The van der Waals surface area contributed by atoms with Crippen molar-refractivity contribution in [2.24, 2.45) is 11.8 Å².